The van der Waals surface area contributed by atoms with Crippen LogP contribution < -0.4 is 0 Å². The molecule has 0 radical (unpaired) electrons. The minimum Gasteiger partial charge on any atom is -0.381 e. The molecule has 1 saturated heterocycles. The van der Waals surface area contributed by atoms with Crippen LogP contribution in [0.15, 0.2) is 28.8 Å². The fraction of sp³-hybridized carbons (Fsp3) is 0.500. The quantitative estimate of drug-likeness (QED) is 0.700. The number of amides is 1. The molecular weight excluding hydrogens is 344 g/mol. The van der Waals surface area contributed by atoms with Gasteiger partial charge in [0.15, 0.2) is 5.82 Å². The lowest BCUT2D eigenvalue weighted by molar-refractivity contribution is 0.0710. The molecule has 1 atom stereocenters. The zero-order chi connectivity index (χ0) is 18.6. The number of hydrogen-bond acceptors (Lipinski definition) is 6. The highest BCUT2D eigenvalue weighted by molar-refractivity contribution is 5.94. The summed E-state index contributed by atoms with van der Waals surface area (Å²) < 4.78 is 11.1. The highest BCUT2D eigenvalue weighted by Gasteiger charge is 2.34. The number of aromatic nitrogens is 2. The minimum absolute atomic E-state index is 0.0745. The van der Waals surface area contributed by atoms with Gasteiger partial charge in [-0.2, -0.15) is 10.2 Å². The molecular formula is C20H22N4O3. The Labute approximate surface area is 157 Å². The van der Waals surface area contributed by atoms with Gasteiger partial charge in [0.1, 0.15) is 6.04 Å². The van der Waals surface area contributed by atoms with E-state index in [-0.39, 0.29) is 11.9 Å². The second kappa shape index (κ2) is 7.89. The van der Waals surface area contributed by atoms with Crippen molar-refractivity contribution in [1.82, 2.24) is 15.0 Å². The van der Waals surface area contributed by atoms with E-state index in [1.54, 1.807) is 29.2 Å². The van der Waals surface area contributed by atoms with E-state index in [0.717, 1.165) is 25.4 Å². The molecule has 140 valence electrons. The third-order valence-electron chi connectivity index (χ3n) is 5.06. The van der Waals surface area contributed by atoms with Crippen LogP contribution in [0, 0.1) is 17.2 Å². The van der Waals surface area contributed by atoms with Gasteiger partial charge in [0.2, 0.25) is 5.89 Å². The number of carbonyl (C=O) groups excluding carboxylic acids is 1. The summed E-state index contributed by atoms with van der Waals surface area (Å²) in [6.07, 6.45) is 4.87. The number of nitriles is 1. The number of hydrogen-bond donors (Lipinski definition) is 0. The zero-order valence-electron chi connectivity index (χ0n) is 15.1. The van der Waals surface area contributed by atoms with E-state index in [9.17, 15) is 4.79 Å². The fourth-order valence-electron chi connectivity index (χ4n) is 3.32. The molecule has 0 spiro atoms. The average molecular weight is 366 g/mol. The molecule has 0 bridgehead atoms. The van der Waals surface area contributed by atoms with Crippen molar-refractivity contribution in [3.8, 4) is 6.07 Å². The first kappa shape index (κ1) is 17.7. The second-order valence-corrected chi connectivity index (χ2v) is 7.16. The van der Waals surface area contributed by atoms with Gasteiger partial charge in [-0.1, -0.05) is 5.16 Å². The molecule has 2 aliphatic rings. The molecule has 4 rings (SSSR count). The largest absolute Gasteiger partial charge is 0.381 e. The van der Waals surface area contributed by atoms with E-state index in [4.69, 9.17) is 14.5 Å². The van der Waals surface area contributed by atoms with Gasteiger partial charge < -0.3 is 14.2 Å². The Kier molecular flexibility index (Phi) is 5.16. The standard InChI is InChI=1S/C20H22N4O3/c21-12-14-5-7-16(8-6-14)20(25)24-10-1-2-17(24)19-22-18(23-27-19)9-11-26-13-15-3-4-15/h5-8,15,17H,1-4,9-11,13H2. The Bertz CT molecular complexity index is 836. The van der Waals surface area contributed by atoms with Crippen LogP contribution in [0.2, 0.25) is 0 Å². The molecule has 1 aromatic heterocycles. The van der Waals surface area contributed by atoms with E-state index >= 15 is 0 Å². The Hall–Kier alpha value is -2.72. The summed E-state index contributed by atoms with van der Waals surface area (Å²) in [5, 5.41) is 12.9. The molecule has 7 nitrogen and oxygen atoms in total. The summed E-state index contributed by atoms with van der Waals surface area (Å²) in [4.78, 5) is 19.1. The van der Waals surface area contributed by atoms with Gasteiger partial charge >= 0.3 is 0 Å². The number of ether oxygens (including phenoxy) is 1. The van der Waals surface area contributed by atoms with Crippen molar-refractivity contribution in [2.45, 2.75) is 38.1 Å². The van der Waals surface area contributed by atoms with E-state index in [0.29, 0.717) is 42.4 Å². The van der Waals surface area contributed by atoms with Gasteiger partial charge in [0.25, 0.3) is 5.91 Å². The van der Waals surface area contributed by atoms with Crippen molar-refractivity contribution in [1.29, 1.82) is 5.26 Å². The van der Waals surface area contributed by atoms with Crippen LogP contribution in [0.3, 0.4) is 0 Å². The molecule has 2 fully saturated rings. The normalized spacial score (nSPS) is 19.2. The molecule has 1 unspecified atom stereocenters. The smallest absolute Gasteiger partial charge is 0.254 e. The lowest BCUT2D eigenvalue weighted by atomic mass is 10.1. The van der Waals surface area contributed by atoms with Gasteiger partial charge in [-0.05, 0) is 55.9 Å². The van der Waals surface area contributed by atoms with Crippen LogP contribution in [-0.2, 0) is 11.2 Å². The molecule has 7 heteroatoms. The zero-order valence-corrected chi connectivity index (χ0v) is 15.1. The van der Waals surface area contributed by atoms with Gasteiger partial charge in [-0.25, -0.2) is 0 Å². The molecule has 0 N–H and O–H groups in total. The molecule has 27 heavy (non-hydrogen) atoms. The van der Waals surface area contributed by atoms with Gasteiger partial charge in [0, 0.05) is 25.1 Å². The van der Waals surface area contributed by atoms with Crippen molar-refractivity contribution < 1.29 is 14.1 Å². The number of likely N-dealkylation sites (tertiary alicyclic amines) is 1. The third kappa shape index (κ3) is 4.17. The van der Waals surface area contributed by atoms with E-state index in [1.807, 2.05) is 0 Å². The Morgan fingerprint density at radius 1 is 1.30 bits per heavy atom. The maximum atomic E-state index is 12.9. The monoisotopic (exact) mass is 366 g/mol. The maximum absolute atomic E-state index is 12.9. The Balaban J connectivity index is 1.38. The fourth-order valence-corrected chi connectivity index (χ4v) is 3.32. The molecule has 1 amide bonds. The van der Waals surface area contributed by atoms with E-state index < -0.39 is 0 Å². The molecule has 1 aliphatic heterocycles. The first-order valence-electron chi connectivity index (χ1n) is 9.46. The first-order valence-corrected chi connectivity index (χ1v) is 9.46. The molecule has 2 heterocycles. The lowest BCUT2D eigenvalue weighted by Crippen LogP contribution is -2.30. The van der Waals surface area contributed by atoms with Crippen molar-refractivity contribution >= 4 is 5.91 Å². The maximum Gasteiger partial charge on any atom is 0.254 e. The van der Waals surface area contributed by atoms with E-state index in [1.165, 1.54) is 12.8 Å². The number of nitrogens with zero attached hydrogens (tertiary/aromatic N) is 4. The predicted molar refractivity (Wildman–Crippen MR) is 95.7 cm³/mol. The van der Waals surface area contributed by atoms with Crippen LogP contribution in [-0.4, -0.2) is 40.7 Å². The molecule has 2 aromatic rings. The number of rotatable bonds is 7. The summed E-state index contributed by atoms with van der Waals surface area (Å²) in [5.41, 5.74) is 1.10. The summed E-state index contributed by atoms with van der Waals surface area (Å²) in [6, 6.07) is 8.56. The Morgan fingerprint density at radius 3 is 2.85 bits per heavy atom. The van der Waals surface area contributed by atoms with Crippen LogP contribution in [0.5, 0.6) is 0 Å². The Morgan fingerprint density at radius 2 is 2.11 bits per heavy atom. The molecule has 1 saturated carbocycles. The van der Waals surface area contributed by atoms with Crippen molar-refractivity contribution in [3.05, 3.63) is 47.1 Å². The number of benzene rings is 1. The minimum atomic E-state index is -0.193. The lowest BCUT2D eigenvalue weighted by Gasteiger charge is -2.21. The summed E-state index contributed by atoms with van der Waals surface area (Å²) in [6.45, 7) is 2.07. The van der Waals surface area contributed by atoms with Crippen LogP contribution in [0.1, 0.15) is 59.4 Å². The molecule has 1 aromatic carbocycles. The average Bonchev–Trinajstić information content (AvgIpc) is 3.19. The highest BCUT2D eigenvalue weighted by Crippen LogP contribution is 2.32. The molecule has 1 aliphatic carbocycles. The third-order valence-corrected chi connectivity index (χ3v) is 5.06. The van der Waals surface area contributed by atoms with Crippen molar-refractivity contribution in [3.63, 3.8) is 0 Å². The van der Waals surface area contributed by atoms with Crippen LogP contribution in [0.25, 0.3) is 0 Å². The van der Waals surface area contributed by atoms with Crippen LogP contribution >= 0.6 is 0 Å². The topological polar surface area (TPSA) is 92.2 Å². The summed E-state index contributed by atoms with van der Waals surface area (Å²) >= 11 is 0. The van der Waals surface area contributed by atoms with Crippen molar-refractivity contribution in [2.24, 2.45) is 5.92 Å². The highest BCUT2D eigenvalue weighted by atomic mass is 16.5. The predicted octanol–water partition coefficient (Wildman–Crippen LogP) is 2.89. The van der Waals surface area contributed by atoms with E-state index in [2.05, 4.69) is 16.2 Å². The van der Waals surface area contributed by atoms with Gasteiger partial charge in [-0.15, -0.1) is 0 Å². The summed E-state index contributed by atoms with van der Waals surface area (Å²) in [5.74, 6) is 1.78. The second-order valence-electron chi connectivity index (χ2n) is 7.16. The SMILES string of the molecule is N#Cc1ccc(C(=O)N2CCCC2c2nc(CCOCC3CC3)no2)cc1. The van der Waals surface area contributed by atoms with Crippen LogP contribution in [0.4, 0.5) is 0 Å². The van der Waals surface area contributed by atoms with Gasteiger partial charge in [0.05, 0.1) is 18.2 Å². The first-order chi connectivity index (χ1) is 13.2. The van der Waals surface area contributed by atoms with Crippen molar-refractivity contribution in [2.75, 3.05) is 19.8 Å². The van der Waals surface area contributed by atoms with Gasteiger partial charge in [-0.3, -0.25) is 4.79 Å². The summed E-state index contributed by atoms with van der Waals surface area (Å²) in [7, 11) is 0. The number of carbonyl (C=O) groups is 1.